The Balaban J connectivity index is 2.48. The van der Waals surface area contributed by atoms with Crippen molar-refractivity contribution in [3.05, 3.63) is 46.5 Å². The Hall–Kier alpha value is -1.54. The molecule has 8 heteroatoms. The van der Waals surface area contributed by atoms with Crippen molar-refractivity contribution >= 4 is 22.0 Å². The van der Waals surface area contributed by atoms with Crippen molar-refractivity contribution in [3.8, 4) is 0 Å². The number of nitrogens with one attached hydrogen (secondary N) is 2. The Morgan fingerprint density at radius 1 is 1.41 bits per heavy atom. The van der Waals surface area contributed by atoms with Crippen LogP contribution in [0.25, 0.3) is 0 Å². The van der Waals surface area contributed by atoms with E-state index in [0.29, 0.717) is 5.56 Å². The molecule has 1 unspecified atom stereocenters. The SMILES string of the molecule is C=C(CCNC(=O)NC(CO)c1cccc(Br)c1)C(F)(F)F. The van der Waals surface area contributed by atoms with E-state index in [9.17, 15) is 23.1 Å². The second kappa shape index (κ2) is 8.19. The zero-order chi connectivity index (χ0) is 16.8. The van der Waals surface area contributed by atoms with Gasteiger partial charge in [0.1, 0.15) is 0 Å². The molecule has 0 aliphatic rings. The molecule has 3 N–H and O–H groups in total. The number of urea groups is 1. The first-order chi connectivity index (χ1) is 10.2. The lowest BCUT2D eigenvalue weighted by Gasteiger charge is -2.18. The second-order valence-corrected chi connectivity index (χ2v) is 5.46. The first-order valence-electron chi connectivity index (χ1n) is 6.39. The number of amides is 2. The van der Waals surface area contributed by atoms with E-state index >= 15 is 0 Å². The number of hydrogen-bond donors (Lipinski definition) is 3. The van der Waals surface area contributed by atoms with Crippen molar-refractivity contribution in [2.45, 2.75) is 18.6 Å². The highest BCUT2D eigenvalue weighted by Crippen LogP contribution is 2.25. The van der Waals surface area contributed by atoms with Gasteiger partial charge in [-0.15, -0.1) is 0 Å². The summed E-state index contributed by atoms with van der Waals surface area (Å²) in [7, 11) is 0. The fraction of sp³-hybridized carbons (Fsp3) is 0.357. The Morgan fingerprint density at radius 3 is 2.64 bits per heavy atom. The summed E-state index contributed by atoms with van der Waals surface area (Å²) in [6, 6.07) is 5.68. The van der Waals surface area contributed by atoms with Crippen LogP contribution in [0.4, 0.5) is 18.0 Å². The fourth-order valence-corrected chi connectivity index (χ4v) is 2.05. The number of carbonyl (C=O) groups is 1. The minimum Gasteiger partial charge on any atom is -0.394 e. The molecule has 0 spiro atoms. The van der Waals surface area contributed by atoms with Crippen LogP contribution in [0.2, 0.25) is 0 Å². The Labute approximate surface area is 134 Å². The van der Waals surface area contributed by atoms with E-state index in [2.05, 4.69) is 33.1 Å². The van der Waals surface area contributed by atoms with E-state index in [0.717, 1.165) is 4.47 Å². The molecule has 1 aromatic rings. The van der Waals surface area contributed by atoms with Crippen molar-refractivity contribution in [3.63, 3.8) is 0 Å². The molecule has 2 amide bonds. The molecular formula is C14H16BrF3N2O2. The van der Waals surface area contributed by atoms with Crippen molar-refractivity contribution in [1.82, 2.24) is 10.6 Å². The van der Waals surface area contributed by atoms with Crippen LogP contribution in [0.15, 0.2) is 40.9 Å². The molecule has 0 aliphatic heterocycles. The third-order valence-electron chi connectivity index (χ3n) is 2.85. The third-order valence-corrected chi connectivity index (χ3v) is 3.35. The highest BCUT2D eigenvalue weighted by Gasteiger charge is 2.31. The Morgan fingerprint density at radius 2 is 2.09 bits per heavy atom. The number of hydrogen-bond acceptors (Lipinski definition) is 2. The first kappa shape index (κ1) is 18.5. The monoisotopic (exact) mass is 380 g/mol. The van der Waals surface area contributed by atoms with Gasteiger partial charge in [0.05, 0.1) is 12.6 Å². The average molecular weight is 381 g/mol. The number of alkyl halides is 3. The molecule has 4 nitrogen and oxygen atoms in total. The predicted molar refractivity (Wildman–Crippen MR) is 80.3 cm³/mol. The lowest BCUT2D eigenvalue weighted by molar-refractivity contribution is -0.0934. The smallest absolute Gasteiger partial charge is 0.394 e. The van der Waals surface area contributed by atoms with Gasteiger partial charge in [-0.1, -0.05) is 34.6 Å². The maximum atomic E-state index is 12.2. The van der Waals surface area contributed by atoms with Gasteiger partial charge in [-0.2, -0.15) is 13.2 Å². The van der Waals surface area contributed by atoms with Gasteiger partial charge in [0.15, 0.2) is 0 Å². The number of aliphatic hydroxyl groups is 1. The molecule has 122 valence electrons. The van der Waals surface area contributed by atoms with Crippen molar-refractivity contribution in [2.75, 3.05) is 13.2 Å². The topological polar surface area (TPSA) is 61.4 Å². The average Bonchev–Trinajstić information content (AvgIpc) is 2.43. The van der Waals surface area contributed by atoms with Gasteiger partial charge < -0.3 is 15.7 Å². The minimum atomic E-state index is -4.46. The van der Waals surface area contributed by atoms with Gasteiger partial charge >= 0.3 is 12.2 Å². The molecule has 0 saturated heterocycles. The molecule has 0 aromatic heterocycles. The van der Waals surface area contributed by atoms with Crippen LogP contribution < -0.4 is 10.6 Å². The molecule has 0 heterocycles. The number of rotatable bonds is 6. The molecule has 0 bridgehead atoms. The van der Waals surface area contributed by atoms with Gasteiger partial charge in [0, 0.05) is 16.6 Å². The van der Waals surface area contributed by atoms with Crippen LogP contribution in [-0.4, -0.2) is 30.5 Å². The number of aliphatic hydroxyl groups excluding tert-OH is 1. The summed E-state index contributed by atoms with van der Waals surface area (Å²) >= 11 is 3.28. The van der Waals surface area contributed by atoms with E-state index in [1.54, 1.807) is 24.3 Å². The Bertz CT molecular complexity index is 535. The molecule has 0 saturated carbocycles. The lowest BCUT2D eigenvalue weighted by Crippen LogP contribution is -2.40. The fourth-order valence-electron chi connectivity index (χ4n) is 1.64. The van der Waals surface area contributed by atoms with Crippen LogP contribution in [0.1, 0.15) is 18.0 Å². The summed E-state index contributed by atoms with van der Waals surface area (Å²) < 4.78 is 37.5. The second-order valence-electron chi connectivity index (χ2n) is 4.54. The Kier molecular flexibility index (Phi) is 6.89. The summed E-state index contributed by atoms with van der Waals surface area (Å²) in [5.41, 5.74) is -0.231. The van der Waals surface area contributed by atoms with E-state index in [-0.39, 0.29) is 13.2 Å². The van der Waals surface area contributed by atoms with Crippen LogP contribution in [-0.2, 0) is 0 Å². The van der Waals surface area contributed by atoms with E-state index < -0.39 is 30.2 Å². The van der Waals surface area contributed by atoms with Crippen LogP contribution in [0.5, 0.6) is 0 Å². The molecule has 22 heavy (non-hydrogen) atoms. The summed E-state index contributed by atoms with van der Waals surface area (Å²) in [6.45, 7) is 2.39. The van der Waals surface area contributed by atoms with Gasteiger partial charge in [-0.3, -0.25) is 0 Å². The highest BCUT2D eigenvalue weighted by molar-refractivity contribution is 9.10. The van der Waals surface area contributed by atoms with Gasteiger partial charge in [0.2, 0.25) is 0 Å². The molecule has 0 aliphatic carbocycles. The molecular weight excluding hydrogens is 365 g/mol. The quantitative estimate of drug-likeness (QED) is 0.663. The molecule has 1 aromatic carbocycles. The number of benzene rings is 1. The lowest BCUT2D eigenvalue weighted by atomic mass is 10.1. The van der Waals surface area contributed by atoms with Gasteiger partial charge in [0.25, 0.3) is 0 Å². The maximum Gasteiger partial charge on any atom is 0.412 e. The third kappa shape index (κ3) is 6.07. The molecule has 0 fully saturated rings. The largest absolute Gasteiger partial charge is 0.412 e. The van der Waals surface area contributed by atoms with Gasteiger partial charge in [-0.05, 0) is 24.1 Å². The first-order valence-corrected chi connectivity index (χ1v) is 7.19. The minimum absolute atomic E-state index is 0.194. The number of halogens is 4. The normalized spacial score (nSPS) is 12.6. The van der Waals surface area contributed by atoms with Crippen molar-refractivity contribution in [1.29, 1.82) is 0 Å². The molecule has 1 rings (SSSR count). The molecule has 1 atom stereocenters. The zero-order valence-electron chi connectivity index (χ0n) is 11.6. The van der Waals surface area contributed by atoms with Crippen LogP contribution >= 0.6 is 15.9 Å². The van der Waals surface area contributed by atoms with Crippen molar-refractivity contribution in [2.24, 2.45) is 0 Å². The molecule has 0 radical (unpaired) electrons. The summed E-state index contributed by atoms with van der Waals surface area (Å²) in [4.78, 5) is 11.6. The summed E-state index contributed by atoms with van der Waals surface area (Å²) in [5.74, 6) is 0. The van der Waals surface area contributed by atoms with Crippen molar-refractivity contribution < 1.29 is 23.1 Å². The van der Waals surface area contributed by atoms with E-state index in [4.69, 9.17) is 0 Å². The summed E-state index contributed by atoms with van der Waals surface area (Å²) in [5, 5.41) is 14.1. The van der Waals surface area contributed by atoms with Crippen LogP contribution in [0, 0.1) is 0 Å². The predicted octanol–water partition coefficient (Wildman–Crippen LogP) is 3.29. The maximum absolute atomic E-state index is 12.2. The van der Waals surface area contributed by atoms with Gasteiger partial charge in [-0.25, -0.2) is 4.79 Å². The summed E-state index contributed by atoms with van der Waals surface area (Å²) in [6.07, 6.45) is -4.85. The number of carbonyl (C=O) groups excluding carboxylic acids is 1. The highest BCUT2D eigenvalue weighted by atomic mass is 79.9. The standard InChI is InChI=1S/C14H16BrF3N2O2/c1-9(14(16,17)18)5-6-19-13(22)20-12(8-21)10-3-2-4-11(15)7-10/h2-4,7,12,21H,1,5-6,8H2,(H2,19,20,22). The van der Waals surface area contributed by atoms with E-state index in [1.165, 1.54) is 0 Å². The zero-order valence-corrected chi connectivity index (χ0v) is 13.2. The van der Waals surface area contributed by atoms with E-state index in [1.807, 2.05) is 0 Å². The van der Waals surface area contributed by atoms with Crippen LogP contribution in [0.3, 0.4) is 0 Å².